The van der Waals surface area contributed by atoms with Crippen molar-refractivity contribution in [3.63, 3.8) is 0 Å². The predicted molar refractivity (Wildman–Crippen MR) is 21.9 cm³/mol. The normalized spacial score (nSPS) is 0. The molecule has 0 bridgehead atoms. The third kappa shape index (κ3) is 19.6. The van der Waals surface area contributed by atoms with E-state index in [1.165, 1.54) is 0 Å². The Morgan fingerprint density at radius 2 is 1.00 bits per heavy atom. The summed E-state index contributed by atoms with van der Waals surface area (Å²) in [6.07, 6.45) is 0. The molecule has 0 fully saturated rings. The van der Waals surface area contributed by atoms with Crippen molar-refractivity contribution in [2.45, 2.75) is 7.43 Å². The first-order valence-corrected chi connectivity index (χ1v) is 0. The van der Waals surface area contributed by atoms with Crippen molar-refractivity contribution >= 4 is 26.0 Å². The molecule has 4 heavy (non-hydrogen) atoms. The fraction of sp³-hybridized carbons (Fsp3) is 1.00. The monoisotopic (exact) mass is 119 g/mol. The standard InChI is InChI=1S/CH4.B.Ge.H2O/h1H4;;;1H2. The Bertz CT molecular complexity index is 8.00. The maximum Gasteiger partial charge on any atom is 0 e. The SMILES string of the molecule is C.O.[B].[Ge]. The van der Waals surface area contributed by atoms with Crippen molar-refractivity contribution in [1.29, 1.82) is 0 Å². The molecule has 0 aliphatic carbocycles. The summed E-state index contributed by atoms with van der Waals surface area (Å²) in [7, 11) is 0. The van der Waals surface area contributed by atoms with E-state index in [9.17, 15) is 0 Å². The van der Waals surface area contributed by atoms with E-state index in [0.29, 0.717) is 0 Å². The van der Waals surface area contributed by atoms with Gasteiger partial charge in [-0.15, -0.1) is 0 Å². The minimum atomic E-state index is 0. The molecule has 0 aromatic carbocycles. The summed E-state index contributed by atoms with van der Waals surface area (Å²) in [5.74, 6) is 0. The Labute approximate surface area is 39.6 Å². The quantitative estimate of drug-likeness (QED) is 0.367. The Hall–Kier alpha value is 0.568. The average molecular weight is 117 g/mol. The van der Waals surface area contributed by atoms with E-state index in [0.717, 1.165) is 0 Å². The van der Waals surface area contributed by atoms with Crippen molar-refractivity contribution in [3.8, 4) is 0 Å². The molecule has 3 heteroatoms. The van der Waals surface area contributed by atoms with Crippen LogP contribution in [0.1, 0.15) is 7.43 Å². The van der Waals surface area contributed by atoms with Crippen molar-refractivity contribution in [1.82, 2.24) is 0 Å². The molecule has 0 saturated heterocycles. The Kier molecular flexibility index (Phi) is 3290. The van der Waals surface area contributed by atoms with Gasteiger partial charge in [-0.1, -0.05) is 7.43 Å². The van der Waals surface area contributed by atoms with E-state index >= 15 is 0 Å². The molecule has 0 saturated carbocycles. The van der Waals surface area contributed by atoms with Gasteiger partial charge in [0.15, 0.2) is 0 Å². The van der Waals surface area contributed by atoms with Gasteiger partial charge in [-0.3, -0.25) is 0 Å². The molecule has 0 aromatic rings. The van der Waals surface area contributed by atoms with Crippen LogP contribution in [0.5, 0.6) is 0 Å². The van der Waals surface area contributed by atoms with Gasteiger partial charge < -0.3 is 5.48 Å². The van der Waals surface area contributed by atoms with Crippen molar-refractivity contribution in [2.24, 2.45) is 0 Å². The first-order chi connectivity index (χ1) is 0. The van der Waals surface area contributed by atoms with Crippen LogP contribution < -0.4 is 0 Å². The fourth-order valence-electron chi connectivity index (χ4n) is 0. The molecule has 0 rings (SSSR count). The first-order valence-electron chi connectivity index (χ1n) is 0. The van der Waals surface area contributed by atoms with Gasteiger partial charge in [0.25, 0.3) is 0 Å². The van der Waals surface area contributed by atoms with Gasteiger partial charge in [0.1, 0.15) is 0 Å². The largest absolute Gasteiger partial charge is 0.412 e. The van der Waals surface area contributed by atoms with Gasteiger partial charge in [0.2, 0.25) is 0 Å². The maximum absolute atomic E-state index is 0. The molecule has 1 nitrogen and oxygen atoms in total. The summed E-state index contributed by atoms with van der Waals surface area (Å²) in [5.41, 5.74) is 0. The van der Waals surface area contributed by atoms with Crippen LogP contribution in [-0.4, -0.2) is 31.5 Å². The van der Waals surface area contributed by atoms with Gasteiger partial charge in [0, 0.05) is 26.0 Å². The molecule has 0 aromatic heterocycles. The van der Waals surface area contributed by atoms with Crippen LogP contribution in [0.2, 0.25) is 0 Å². The maximum atomic E-state index is 0. The average Bonchev–Trinajstić information content (AvgIpc) is 0. The zero-order valence-corrected chi connectivity index (χ0v) is 3.68. The fourth-order valence-corrected chi connectivity index (χ4v) is 0. The second-order valence-electron chi connectivity index (χ2n) is 0. The van der Waals surface area contributed by atoms with Crippen LogP contribution in [0.25, 0.3) is 0 Å². The summed E-state index contributed by atoms with van der Waals surface area (Å²) in [6.45, 7) is 0. The third-order valence-electron chi connectivity index (χ3n) is 0. The van der Waals surface area contributed by atoms with Gasteiger partial charge in [0.05, 0.1) is 0 Å². The number of rotatable bonds is 0. The van der Waals surface area contributed by atoms with Gasteiger partial charge in [-0.25, -0.2) is 0 Å². The second-order valence-corrected chi connectivity index (χ2v) is 0. The van der Waals surface area contributed by atoms with Gasteiger partial charge in [-0.05, 0) is 0 Å². The Morgan fingerprint density at radius 1 is 1.00 bits per heavy atom. The third-order valence-corrected chi connectivity index (χ3v) is 0. The molecule has 0 aliphatic rings. The molecular formula is CH6BGeO. The van der Waals surface area contributed by atoms with Crippen molar-refractivity contribution < 1.29 is 5.48 Å². The van der Waals surface area contributed by atoms with E-state index in [1.807, 2.05) is 0 Å². The topological polar surface area (TPSA) is 31.5 Å². The van der Waals surface area contributed by atoms with Crippen LogP contribution in [0.3, 0.4) is 0 Å². The van der Waals surface area contributed by atoms with Crippen molar-refractivity contribution in [2.75, 3.05) is 0 Å². The van der Waals surface area contributed by atoms with Crippen LogP contribution in [-0.2, 0) is 0 Å². The Morgan fingerprint density at radius 3 is 1.00 bits per heavy atom. The van der Waals surface area contributed by atoms with E-state index < -0.39 is 0 Å². The number of hydrogen-bond acceptors (Lipinski definition) is 0. The smallest absolute Gasteiger partial charge is 0 e. The molecule has 0 amide bonds. The zero-order valence-electron chi connectivity index (χ0n) is 1.58. The predicted octanol–water partition coefficient (Wildman–Crippen LogP) is -0.950. The minimum Gasteiger partial charge on any atom is -0.412 e. The van der Waals surface area contributed by atoms with Gasteiger partial charge in [-0.2, -0.15) is 0 Å². The van der Waals surface area contributed by atoms with Crippen LogP contribution in [0, 0.1) is 0 Å². The molecule has 0 atom stereocenters. The van der Waals surface area contributed by atoms with E-state index in [1.54, 1.807) is 0 Å². The molecule has 0 aliphatic heterocycles. The first kappa shape index (κ1) is 180. The molecule has 0 unspecified atom stereocenters. The molecule has 23 valence electrons. The van der Waals surface area contributed by atoms with Crippen molar-refractivity contribution in [3.05, 3.63) is 0 Å². The minimum absolute atomic E-state index is 0. The zero-order chi connectivity index (χ0) is 0. The van der Waals surface area contributed by atoms with E-state index in [2.05, 4.69) is 0 Å². The molecule has 0 spiro atoms. The number of hydrogen-bond donors (Lipinski definition) is 0. The van der Waals surface area contributed by atoms with Crippen LogP contribution in [0.15, 0.2) is 0 Å². The van der Waals surface area contributed by atoms with E-state index in [4.69, 9.17) is 0 Å². The second kappa shape index (κ2) is 73.0. The Balaban J connectivity index is 0. The van der Waals surface area contributed by atoms with Crippen LogP contribution in [0.4, 0.5) is 0 Å². The summed E-state index contributed by atoms with van der Waals surface area (Å²) < 4.78 is 0. The molecule has 7 radical (unpaired) electrons. The summed E-state index contributed by atoms with van der Waals surface area (Å²) >= 11 is 0. The molecule has 2 N–H and O–H groups in total. The summed E-state index contributed by atoms with van der Waals surface area (Å²) in [5, 5.41) is 0. The summed E-state index contributed by atoms with van der Waals surface area (Å²) in [6, 6.07) is 0. The van der Waals surface area contributed by atoms with Crippen LogP contribution >= 0.6 is 0 Å². The van der Waals surface area contributed by atoms with Gasteiger partial charge >= 0.3 is 0 Å². The van der Waals surface area contributed by atoms with E-state index in [-0.39, 0.29) is 38.9 Å². The molecular weight excluding hydrogens is 111 g/mol. The molecule has 0 heterocycles. The summed E-state index contributed by atoms with van der Waals surface area (Å²) in [4.78, 5) is 0.